The molecule has 1 aliphatic heterocycles. The minimum Gasteiger partial charge on any atom is -0.480 e. The second-order valence-electron chi connectivity index (χ2n) is 9.47. The molecule has 210 valence electrons. The molecule has 0 saturated carbocycles. The molecule has 1 rings (SSSR count). The predicted molar refractivity (Wildman–Crippen MR) is 135 cm³/mol. The summed E-state index contributed by atoms with van der Waals surface area (Å²) in [5.74, 6) is -5.46. The summed E-state index contributed by atoms with van der Waals surface area (Å²) in [6, 6.07) is -6.27. The van der Waals surface area contributed by atoms with E-state index in [0.717, 1.165) is 0 Å². The van der Waals surface area contributed by atoms with E-state index in [9.17, 15) is 39.0 Å². The van der Waals surface area contributed by atoms with Gasteiger partial charge < -0.3 is 42.5 Å². The number of rotatable bonds is 14. The number of aliphatic carboxylic acids is 1. The van der Waals surface area contributed by atoms with Gasteiger partial charge in [-0.05, 0) is 32.1 Å². The number of nitrogens with two attached hydrogens (primary N) is 2. The lowest BCUT2D eigenvalue weighted by Gasteiger charge is -2.30. The first-order valence-corrected chi connectivity index (χ1v) is 12.6. The van der Waals surface area contributed by atoms with Gasteiger partial charge >= 0.3 is 5.97 Å². The van der Waals surface area contributed by atoms with Gasteiger partial charge in [-0.1, -0.05) is 13.8 Å². The van der Waals surface area contributed by atoms with Crippen LogP contribution in [0.2, 0.25) is 0 Å². The number of nitrogens with one attached hydrogen (secondary N) is 3. The van der Waals surface area contributed by atoms with Gasteiger partial charge in [-0.2, -0.15) is 12.6 Å². The molecule has 0 aromatic heterocycles. The number of amides is 5. The molecule has 1 aliphatic rings. The Morgan fingerprint density at radius 3 is 2.08 bits per heavy atom. The molecule has 0 bridgehead atoms. The van der Waals surface area contributed by atoms with E-state index in [1.54, 1.807) is 13.8 Å². The fourth-order valence-electron chi connectivity index (χ4n) is 3.87. The van der Waals surface area contributed by atoms with E-state index in [2.05, 4.69) is 28.6 Å². The SMILES string of the molecule is CC(C)C[C@H](NC(=O)[C@H](CC(N)=O)NC(=O)[C@@H](NC(=O)[C@@H](N)CS)[C@@H](C)O)C(=O)N1CCC[C@H]1C(=O)O. The Bertz CT molecular complexity index is 870. The number of carboxylic acids is 1. The summed E-state index contributed by atoms with van der Waals surface area (Å²) < 4.78 is 0. The molecule has 0 aromatic carbocycles. The van der Waals surface area contributed by atoms with Gasteiger partial charge in [0.25, 0.3) is 0 Å². The zero-order chi connectivity index (χ0) is 28.4. The van der Waals surface area contributed by atoms with E-state index in [4.69, 9.17) is 11.5 Å². The van der Waals surface area contributed by atoms with Crippen LogP contribution in [0.25, 0.3) is 0 Å². The van der Waals surface area contributed by atoms with Crippen molar-refractivity contribution in [2.45, 2.75) is 82.8 Å². The van der Waals surface area contributed by atoms with Crippen LogP contribution in [0.4, 0.5) is 0 Å². The van der Waals surface area contributed by atoms with Crippen molar-refractivity contribution in [1.29, 1.82) is 0 Å². The summed E-state index contributed by atoms with van der Waals surface area (Å²) in [7, 11) is 0. The van der Waals surface area contributed by atoms with Gasteiger partial charge in [-0.3, -0.25) is 24.0 Å². The summed E-state index contributed by atoms with van der Waals surface area (Å²) in [5.41, 5.74) is 10.8. The highest BCUT2D eigenvalue weighted by Gasteiger charge is 2.39. The Labute approximate surface area is 220 Å². The number of hydrogen-bond acceptors (Lipinski definition) is 9. The smallest absolute Gasteiger partial charge is 0.326 e. The van der Waals surface area contributed by atoms with Crippen LogP contribution >= 0.6 is 12.6 Å². The zero-order valence-corrected chi connectivity index (χ0v) is 22.1. The number of aliphatic hydroxyl groups is 1. The molecule has 0 aromatic rings. The fraction of sp³-hybridized carbons (Fsp3) is 0.727. The highest BCUT2D eigenvalue weighted by Crippen LogP contribution is 2.20. The van der Waals surface area contributed by atoms with Gasteiger partial charge in [0.05, 0.1) is 18.6 Å². The van der Waals surface area contributed by atoms with Crippen molar-refractivity contribution in [3.05, 3.63) is 0 Å². The van der Waals surface area contributed by atoms with Crippen LogP contribution in [0.1, 0.15) is 46.5 Å². The Hall–Kier alpha value is -2.91. The summed E-state index contributed by atoms with van der Waals surface area (Å²) >= 11 is 3.90. The van der Waals surface area contributed by atoms with E-state index >= 15 is 0 Å². The van der Waals surface area contributed by atoms with Crippen molar-refractivity contribution in [2.75, 3.05) is 12.3 Å². The lowest BCUT2D eigenvalue weighted by Crippen LogP contribution is -2.61. The number of carboxylic acid groups (broad SMARTS) is 1. The molecule has 0 radical (unpaired) electrons. The number of aliphatic hydroxyl groups excluding tert-OH is 1. The molecular weight excluding hydrogens is 508 g/mol. The van der Waals surface area contributed by atoms with Crippen LogP contribution in [0.5, 0.6) is 0 Å². The van der Waals surface area contributed by atoms with Crippen molar-refractivity contribution < 1.29 is 39.0 Å². The minimum atomic E-state index is -1.54. The summed E-state index contributed by atoms with van der Waals surface area (Å²) in [6.45, 7) is 5.05. The molecule has 14 nitrogen and oxygen atoms in total. The molecule has 1 fully saturated rings. The molecule has 1 saturated heterocycles. The standard InChI is InChI=1S/C22H38N6O8S/c1-10(2)7-14(21(34)28-6-4-5-15(28)22(35)36)26-19(32)13(8-16(24)30)25-20(33)17(11(3)29)27-18(31)12(23)9-37/h10-15,17,29,37H,4-9,23H2,1-3H3,(H2,24,30)(H,25,33)(H,26,32)(H,27,31)(H,35,36)/t11-,12+,13+,14+,15+,17+/m1/s1. The lowest BCUT2D eigenvalue weighted by molar-refractivity contribution is -0.149. The number of hydrogen-bond donors (Lipinski definition) is 8. The monoisotopic (exact) mass is 546 g/mol. The molecule has 5 amide bonds. The van der Waals surface area contributed by atoms with Crippen molar-refractivity contribution in [3.8, 4) is 0 Å². The van der Waals surface area contributed by atoms with Crippen LogP contribution in [-0.4, -0.2) is 99.2 Å². The van der Waals surface area contributed by atoms with E-state index in [-0.39, 0.29) is 31.1 Å². The topological polar surface area (TPSA) is 234 Å². The van der Waals surface area contributed by atoms with Crippen molar-refractivity contribution in [2.24, 2.45) is 17.4 Å². The third-order valence-corrected chi connectivity index (χ3v) is 6.17. The van der Waals surface area contributed by atoms with Crippen LogP contribution in [-0.2, 0) is 28.8 Å². The van der Waals surface area contributed by atoms with Gasteiger partial charge in [-0.15, -0.1) is 0 Å². The van der Waals surface area contributed by atoms with E-state index in [1.165, 1.54) is 11.8 Å². The molecule has 15 heteroatoms. The van der Waals surface area contributed by atoms with Crippen molar-refractivity contribution in [1.82, 2.24) is 20.9 Å². The maximum Gasteiger partial charge on any atom is 0.326 e. The predicted octanol–water partition coefficient (Wildman–Crippen LogP) is -2.92. The number of nitrogens with zero attached hydrogens (tertiary/aromatic N) is 1. The Morgan fingerprint density at radius 2 is 1.59 bits per heavy atom. The van der Waals surface area contributed by atoms with Gasteiger partial charge in [0.15, 0.2) is 0 Å². The minimum absolute atomic E-state index is 0.0300. The van der Waals surface area contributed by atoms with E-state index < -0.39 is 78.2 Å². The second kappa shape index (κ2) is 14.7. The number of primary amides is 1. The fourth-order valence-corrected chi connectivity index (χ4v) is 4.04. The van der Waals surface area contributed by atoms with Crippen LogP contribution in [0.15, 0.2) is 0 Å². The molecule has 1 heterocycles. The third kappa shape index (κ3) is 9.81. The highest BCUT2D eigenvalue weighted by atomic mass is 32.1. The summed E-state index contributed by atoms with van der Waals surface area (Å²) in [5, 5.41) is 26.5. The second-order valence-corrected chi connectivity index (χ2v) is 9.83. The average molecular weight is 547 g/mol. The molecule has 6 atom stereocenters. The quantitative estimate of drug-likeness (QED) is 0.104. The van der Waals surface area contributed by atoms with Gasteiger partial charge in [-0.25, -0.2) is 4.79 Å². The van der Waals surface area contributed by atoms with Gasteiger partial charge in [0, 0.05) is 12.3 Å². The maximum atomic E-state index is 13.2. The molecular formula is C22H38N6O8S. The first-order valence-electron chi connectivity index (χ1n) is 12.0. The van der Waals surface area contributed by atoms with Crippen molar-refractivity contribution >= 4 is 48.1 Å². The van der Waals surface area contributed by atoms with Crippen LogP contribution in [0, 0.1) is 5.92 Å². The Balaban J connectivity index is 3.10. The largest absolute Gasteiger partial charge is 0.480 e. The highest BCUT2D eigenvalue weighted by molar-refractivity contribution is 7.80. The first-order chi connectivity index (χ1) is 17.2. The molecule has 37 heavy (non-hydrogen) atoms. The molecule has 0 aliphatic carbocycles. The molecule has 0 unspecified atom stereocenters. The normalized spacial score (nSPS) is 19.3. The third-order valence-electron chi connectivity index (χ3n) is 5.78. The van der Waals surface area contributed by atoms with Crippen LogP contribution in [0.3, 0.4) is 0 Å². The van der Waals surface area contributed by atoms with E-state index in [0.29, 0.717) is 6.42 Å². The summed E-state index contributed by atoms with van der Waals surface area (Å²) in [6.07, 6.45) is -1.09. The van der Waals surface area contributed by atoms with Crippen LogP contribution < -0.4 is 27.4 Å². The van der Waals surface area contributed by atoms with Gasteiger partial charge in [0.1, 0.15) is 24.2 Å². The Morgan fingerprint density at radius 1 is 1.00 bits per heavy atom. The maximum absolute atomic E-state index is 13.2. The number of carbonyl (C=O) groups excluding carboxylic acids is 5. The molecule has 9 N–H and O–H groups in total. The zero-order valence-electron chi connectivity index (χ0n) is 21.2. The molecule has 0 spiro atoms. The van der Waals surface area contributed by atoms with E-state index in [1.807, 2.05) is 0 Å². The number of thiol groups is 1. The summed E-state index contributed by atoms with van der Waals surface area (Å²) in [4.78, 5) is 75.6. The van der Waals surface area contributed by atoms with Gasteiger partial charge in [0.2, 0.25) is 29.5 Å². The lowest BCUT2D eigenvalue weighted by atomic mass is 10.0. The Kier molecular flexibility index (Phi) is 12.8. The van der Waals surface area contributed by atoms with Crippen molar-refractivity contribution in [3.63, 3.8) is 0 Å². The average Bonchev–Trinajstić information content (AvgIpc) is 3.29. The first kappa shape index (κ1) is 32.1. The number of likely N-dealkylation sites (tertiary alicyclic amines) is 1. The number of carbonyl (C=O) groups is 6.